The Morgan fingerprint density at radius 3 is 2.30 bits per heavy atom. The molecule has 0 bridgehead atoms. The molecule has 0 amide bonds. The number of aromatic nitrogens is 1. The average molecular weight is 490 g/mol. The highest BCUT2D eigenvalue weighted by atomic mass is 35.5. The molecule has 0 saturated carbocycles. The molecule has 0 N–H and O–H groups in total. The number of carbonyl (C=O) groups excluding carboxylic acids is 2. The maximum Gasteiger partial charge on any atom is 0.306 e. The van der Waals surface area contributed by atoms with E-state index in [0.29, 0.717) is 34.4 Å². The van der Waals surface area contributed by atoms with Crippen molar-refractivity contribution in [3.63, 3.8) is 0 Å². The zero-order valence-electron chi connectivity index (χ0n) is 18.7. The number of halogens is 2. The molecule has 0 aliphatic rings. The highest BCUT2D eigenvalue weighted by molar-refractivity contribution is 6.42. The van der Waals surface area contributed by atoms with Crippen LogP contribution in [0.1, 0.15) is 34.6 Å². The van der Waals surface area contributed by atoms with E-state index in [4.69, 9.17) is 37.4 Å². The molecule has 0 radical (unpaired) electrons. The van der Waals surface area contributed by atoms with Crippen molar-refractivity contribution in [2.75, 3.05) is 20.3 Å². The molecule has 0 unspecified atom stereocenters. The molecular formula is C25H25Cl2NO5. The molecule has 0 atom stereocenters. The number of esters is 1. The maximum atomic E-state index is 12.7. The van der Waals surface area contributed by atoms with Crippen LogP contribution in [-0.2, 0) is 9.53 Å². The van der Waals surface area contributed by atoms with Gasteiger partial charge in [-0.1, -0.05) is 23.2 Å². The quantitative estimate of drug-likeness (QED) is 0.198. The Balaban J connectivity index is 1.49. The van der Waals surface area contributed by atoms with E-state index < -0.39 is 5.97 Å². The number of benzene rings is 2. The molecule has 0 fully saturated rings. The van der Waals surface area contributed by atoms with Gasteiger partial charge < -0.3 is 18.8 Å². The number of methoxy groups -OCH3 is 1. The summed E-state index contributed by atoms with van der Waals surface area (Å²) in [5.41, 5.74) is 2.89. The first-order valence-electron chi connectivity index (χ1n) is 10.4. The van der Waals surface area contributed by atoms with Crippen LogP contribution in [-0.4, -0.2) is 36.6 Å². The fraction of sp³-hybridized carbons (Fsp3) is 0.280. The molecular weight excluding hydrogens is 465 g/mol. The number of carbonyl (C=O) groups is 2. The number of ketones is 1. The number of hydrogen-bond donors (Lipinski definition) is 0. The molecule has 2 aromatic carbocycles. The second-order valence-electron chi connectivity index (χ2n) is 7.43. The van der Waals surface area contributed by atoms with E-state index in [0.717, 1.165) is 22.8 Å². The van der Waals surface area contributed by atoms with E-state index in [1.54, 1.807) is 49.6 Å². The summed E-state index contributed by atoms with van der Waals surface area (Å²) in [5.74, 6) is 0.724. The normalized spacial score (nSPS) is 10.7. The molecule has 0 aliphatic carbocycles. The zero-order valence-corrected chi connectivity index (χ0v) is 20.2. The van der Waals surface area contributed by atoms with E-state index in [1.807, 2.05) is 24.5 Å². The number of rotatable bonds is 10. The van der Waals surface area contributed by atoms with Crippen molar-refractivity contribution in [2.45, 2.75) is 26.7 Å². The minimum atomic E-state index is -0.444. The van der Waals surface area contributed by atoms with Gasteiger partial charge in [0.2, 0.25) is 5.78 Å². The summed E-state index contributed by atoms with van der Waals surface area (Å²) < 4.78 is 17.8. The Morgan fingerprint density at radius 2 is 1.64 bits per heavy atom. The van der Waals surface area contributed by atoms with Crippen molar-refractivity contribution in [2.24, 2.45) is 0 Å². The third kappa shape index (κ3) is 6.30. The minimum absolute atomic E-state index is 0.158. The van der Waals surface area contributed by atoms with Gasteiger partial charge in [0.25, 0.3) is 0 Å². The van der Waals surface area contributed by atoms with Gasteiger partial charge in [-0.25, -0.2) is 0 Å². The molecule has 174 valence electrons. The first-order chi connectivity index (χ1) is 15.8. The second kappa shape index (κ2) is 11.3. The zero-order chi connectivity index (χ0) is 24.0. The predicted octanol–water partition coefficient (Wildman–Crippen LogP) is 5.99. The van der Waals surface area contributed by atoms with Gasteiger partial charge in [0, 0.05) is 29.1 Å². The van der Waals surface area contributed by atoms with Gasteiger partial charge in [0.15, 0.2) is 6.61 Å². The van der Waals surface area contributed by atoms with E-state index in [9.17, 15) is 9.59 Å². The lowest BCUT2D eigenvalue weighted by atomic mass is 10.1. The summed E-state index contributed by atoms with van der Waals surface area (Å²) in [5, 5.41) is 0.889. The summed E-state index contributed by atoms with van der Waals surface area (Å²) >= 11 is 12.1. The maximum absolute atomic E-state index is 12.7. The minimum Gasteiger partial charge on any atom is -0.497 e. The van der Waals surface area contributed by atoms with Crippen molar-refractivity contribution >= 4 is 35.0 Å². The Kier molecular flexibility index (Phi) is 8.42. The Labute approximate surface area is 203 Å². The summed E-state index contributed by atoms with van der Waals surface area (Å²) in [4.78, 5) is 24.7. The standard InChI is InChI=1S/C25H25Cl2NO5/c1-16-13-21(17(2)28(16)18-6-11-22(26)23(27)14-18)24(29)15-33-25(30)5-4-12-32-20-9-7-19(31-3)8-10-20/h6-11,13-14H,4-5,12,15H2,1-3H3. The van der Waals surface area contributed by atoms with Gasteiger partial charge in [-0.2, -0.15) is 0 Å². The smallest absolute Gasteiger partial charge is 0.306 e. The van der Waals surface area contributed by atoms with Gasteiger partial charge in [-0.15, -0.1) is 0 Å². The molecule has 3 rings (SSSR count). The molecule has 6 nitrogen and oxygen atoms in total. The van der Waals surface area contributed by atoms with Gasteiger partial charge in [0.1, 0.15) is 11.5 Å². The first kappa shape index (κ1) is 24.7. The van der Waals surface area contributed by atoms with E-state index in [-0.39, 0.29) is 18.8 Å². The molecule has 33 heavy (non-hydrogen) atoms. The van der Waals surface area contributed by atoms with Crippen molar-refractivity contribution in [1.29, 1.82) is 0 Å². The average Bonchev–Trinajstić information content (AvgIpc) is 3.11. The molecule has 0 aliphatic heterocycles. The van der Waals surface area contributed by atoms with Crippen molar-refractivity contribution in [3.8, 4) is 17.2 Å². The van der Waals surface area contributed by atoms with Gasteiger partial charge in [0.05, 0.1) is 23.8 Å². The van der Waals surface area contributed by atoms with Gasteiger partial charge >= 0.3 is 5.97 Å². The van der Waals surface area contributed by atoms with Crippen LogP contribution in [0.3, 0.4) is 0 Å². The van der Waals surface area contributed by atoms with E-state index >= 15 is 0 Å². The summed E-state index contributed by atoms with van der Waals surface area (Å²) in [6.07, 6.45) is 0.636. The number of hydrogen-bond acceptors (Lipinski definition) is 5. The lowest BCUT2D eigenvalue weighted by Crippen LogP contribution is -2.15. The fourth-order valence-corrected chi connectivity index (χ4v) is 3.73. The highest BCUT2D eigenvalue weighted by Crippen LogP contribution is 2.28. The summed E-state index contributed by atoms with van der Waals surface area (Å²) in [6.45, 7) is 3.77. The monoisotopic (exact) mass is 489 g/mol. The number of aryl methyl sites for hydroxylation is 1. The van der Waals surface area contributed by atoms with Crippen molar-refractivity contribution < 1.29 is 23.8 Å². The third-order valence-corrected chi connectivity index (χ3v) is 5.85. The van der Waals surface area contributed by atoms with Gasteiger partial charge in [-0.3, -0.25) is 9.59 Å². The third-order valence-electron chi connectivity index (χ3n) is 5.11. The largest absolute Gasteiger partial charge is 0.497 e. The Hall–Kier alpha value is -2.96. The van der Waals surface area contributed by atoms with Crippen LogP contribution in [0, 0.1) is 13.8 Å². The lowest BCUT2D eigenvalue weighted by Gasteiger charge is -2.11. The van der Waals surface area contributed by atoms with E-state index in [2.05, 4.69) is 0 Å². The second-order valence-corrected chi connectivity index (χ2v) is 8.24. The van der Waals surface area contributed by atoms with Crippen LogP contribution >= 0.6 is 23.2 Å². The van der Waals surface area contributed by atoms with Gasteiger partial charge in [-0.05, 0) is 68.8 Å². The summed E-state index contributed by atoms with van der Waals surface area (Å²) in [6, 6.07) is 14.2. The Bertz CT molecular complexity index is 1140. The first-order valence-corrected chi connectivity index (χ1v) is 11.2. The topological polar surface area (TPSA) is 66.8 Å². The molecule has 3 aromatic rings. The van der Waals surface area contributed by atoms with Crippen molar-refractivity contribution in [1.82, 2.24) is 4.57 Å². The number of nitrogens with zero attached hydrogens (tertiary/aromatic N) is 1. The Morgan fingerprint density at radius 1 is 0.939 bits per heavy atom. The van der Waals surface area contributed by atoms with Crippen LogP contribution in [0.2, 0.25) is 10.0 Å². The highest BCUT2D eigenvalue weighted by Gasteiger charge is 2.18. The molecule has 0 spiro atoms. The summed E-state index contributed by atoms with van der Waals surface area (Å²) in [7, 11) is 1.60. The molecule has 1 heterocycles. The van der Waals surface area contributed by atoms with Crippen LogP contribution in [0.25, 0.3) is 5.69 Å². The van der Waals surface area contributed by atoms with Crippen LogP contribution in [0.15, 0.2) is 48.5 Å². The van der Waals surface area contributed by atoms with Crippen molar-refractivity contribution in [3.05, 3.63) is 75.5 Å². The number of Topliss-reactive ketones (excluding diaryl/α,β-unsaturated/α-hetero) is 1. The molecule has 0 saturated heterocycles. The fourth-order valence-electron chi connectivity index (χ4n) is 3.44. The molecule has 8 heteroatoms. The predicted molar refractivity (Wildman–Crippen MR) is 128 cm³/mol. The number of ether oxygens (including phenoxy) is 3. The van der Waals surface area contributed by atoms with Crippen LogP contribution < -0.4 is 9.47 Å². The van der Waals surface area contributed by atoms with Crippen LogP contribution in [0.4, 0.5) is 0 Å². The molecule has 1 aromatic heterocycles. The van der Waals surface area contributed by atoms with Crippen LogP contribution in [0.5, 0.6) is 11.5 Å². The SMILES string of the molecule is COc1ccc(OCCCC(=O)OCC(=O)c2cc(C)n(-c3ccc(Cl)c(Cl)c3)c2C)cc1. The van der Waals surface area contributed by atoms with E-state index in [1.165, 1.54) is 0 Å². The lowest BCUT2D eigenvalue weighted by molar-refractivity contribution is -0.142.